The Labute approximate surface area is 164 Å². The molecule has 2 saturated heterocycles. The monoisotopic (exact) mass is 390 g/mol. The molecule has 6 nitrogen and oxygen atoms in total. The Hall–Kier alpha value is -2.41. The van der Waals surface area contributed by atoms with Crippen LogP contribution in [-0.4, -0.2) is 61.1 Å². The van der Waals surface area contributed by atoms with Crippen LogP contribution in [0.2, 0.25) is 0 Å². The third-order valence-electron chi connectivity index (χ3n) is 6.04. The highest BCUT2D eigenvalue weighted by atomic mass is 19.1. The van der Waals surface area contributed by atoms with Gasteiger partial charge >= 0.3 is 5.97 Å². The van der Waals surface area contributed by atoms with E-state index in [1.807, 2.05) is 0 Å². The number of rotatable bonds is 6. The number of piperidine rings is 1. The summed E-state index contributed by atoms with van der Waals surface area (Å²) in [5, 5.41) is 0. The van der Waals surface area contributed by atoms with E-state index in [-0.39, 0.29) is 24.1 Å². The van der Waals surface area contributed by atoms with Gasteiger partial charge in [-0.2, -0.15) is 0 Å². The van der Waals surface area contributed by atoms with E-state index in [0.29, 0.717) is 50.3 Å². The molecule has 1 unspecified atom stereocenters. The van der Waals surface area contributed by atoms with E-state index in [9.17, 15) is 14.0 Å². The van der Waals surface area contributed by atoms with Gasteiger partial charge in [0.25, 0.3) is 0 Å². The molecular formula is C21H27FN2O4. The molecule has 0 bridgehead atoms. The molecule has 1 aromatic rings. The molecule has 2 heterocycles. The molecule has 0 N–H and O–H groups in total. The van der Waals surface area contributed by atoms with Gasteiger partial charge in [0.05, 0.1) is 25.7 Å². The van der Waals surface area contributed by atoms with E-state index < -0.39 is 11.5 Å². The lowest BCUT2D eigenvalue weighted by atomic mass is 9.76. The zero-order valence-corrected chi connectivity index (χ0v) is 16.4. The van der Waals surface area contributed by atoms with Gasteiger partial charge in [-0.1, -0.05) is 12.1 Å². The van der Waals surface area contributed by atoms with Gasteiger partial charge < -0.3 is 14.4 Å². The largest absolute Gasteiger partial charge is 0.497 e. The fraction of sp³-hybridized carbons (Fsp3) is 0.524. The average molecular weight is 390 g/mol. The number of amides is 1. The zero-order chi connectivity index (χ0) is 20.3. The van der Waals surface area contributed by atoms with Crippen molar-refractivity contribution in [2.75, 3.05) is 33.9 Å². The minimum atomic E-state index is -0.548. The summed E-state index contributed by atoms with van der Waals surface area (Å²) in [6.07, 6.45) is 3.15. The number of halogens is 1. The molecule has 7 heteroatoms. The van der Waals surface area contributed by atoms with Crippen LogP contribution >= 0.6 is 0 Å². The minimum Gasteiger partial charge on any atom is -0.497 e. The van der Waals surface area contributed by atoms with Crippen molar-refractivity contribution in [3.63, 3.8) is 0 Å². The predicted octanol–water partition coefficient (Wildman–Crippen LogP) is 2.38. The summed E-state index contributed by atoms with van der Waals surface area (Å²) < 4.78 is 24.3. The van der Waals surface area contributed by atoms with Crippen molar-refractivity contribution in [2.24, 2.45) is 5.92 Å². The number of hydrogen-bond acceptors (Lipinski definition) is 5. The summed E-state index contributed by atoms with van der Waals surface area (Å²) in [6, 6.07) is 4.87. The maximum Gasteiger partial charge on any atom is 0.311 e. The predicted molar refractivity (Wildman–Crippen MR) is 102 cm³/mol. The third-order valence-corrected chi connectivity index (χ3v) is 6.04. The SMILES string of the molecule is C=CCN1C(=O)CC(C(=O)OC)C12CCN(Cc1ccc(OC)cc1F)CC2. The summed E-state index contributed by atoms with van der Waals surface area (Å²) in [5.41, 5.74) is 0.0551. The van der Waals surface area contributed by atoms with Gasteiger partial charge in [0.2, 0.25) is 5.91 Å². The van der Waals surface area contributed by atoms with Crippen molar-refractivity contribution in [3.05, 3.63) is 42.2 Å². The molecule has 0 saturated carbocycles. The van der Waals surface area contributed by atoms with Crippen LogP contribution in [0.5, 0.6) is 5.75 Å². The first kappa shape index (κ1) is 20.3. The lowest BCUT2D eigenvalue weighted by Crippen LogP contribution is -2.57. The number of ether oxygens (including phenoxy) is 2. The summed E-state index contributed by atoms with van der Waals surface area (Å²) >= 11 is 0. The summed E-state index contributed by atoms with van der Waals surface area (Å²) in [7, 11) is 2.87. The van der Waals surface area contributed by atoms with Crippen molar-refractivity contribution in [1.82, 2.24) is 9.80 Å². The van der Waals surface area contributed by atoms with Gasteiger partial charge in [0, 0.05) is 44.2 Å². The second-order valence-corrected chi connectivity index (χ2v) is 7.41. The molecule has 1 atom stereocenters. The molecule has 152 valence electrons. The highest BCUT2D eigenvalue weighted by molar-refractivity contribution is 5.89. The van der Waals surface area contributed by atoms with Gasteiger partial charge in [-0.05, 0) is 18.9 Å². The van der Waals surface area contributed by atoms with Gasteiger partial charge in [-0.15, -0.1) is 6.58 Å². The third kappa shape index (κ3) is 3.63. The number of carbonyl (C=O) groups is 2. The Bertz CT molecular complexity index is 759. The van der Waals surface area contributed by atoms with E-state index in [1.54, 1.807) is 23.1 Å². The molecule has 1 aromatic carbocycles. The highest BCUT2D eigenvalue weighted by Crippen LogP contribution is 2.44. The molecule has 3 rings (SSSR count). The zero-order valence-electron chi connectivity index (χ0n) is 16.4. The van der Waals surface area contributed by atoms with E-state index in [2.05, 4.69) is 11.5 Å². The van der Waals surface area contributed by atoms with Gasteiger partial charge in [-0.25, -0.2) is 4.39 Å². The molecule has 0 radical (unpaired) electrons. The van der Waals surface area contributed by atoms with Crippen molar-refractivity contribution < 1.29 is 23.5 Å². The standard InChI is InChI=1S/C21H27FN2O4/c1-4-9-24-19(25)13-17(20(26)28-3)21(24)7-10-23(11-8-21)14-15-5-6-16(27-2)12-18(15)22/h4-6,12,17H,1,7-11,13-14H2,2-3H3. The van der Waals surface area contributed by atoms with E-state index in [4.69, 9.17) is 9.47 Å². The molecule has 1 amide bonds. The minimum absolute atomic E-state index is 0.0371. The molecule has 2 aliphatic rings. The number of likely N-dealkylation sites (tertiary alicyclic amines) is 2. The number of hydrogen-bond donors (Lipinski definition) is 0. The molecule has 0 aliphatic carbocycles. The van der Waals surface area contributed by atoms with E-state index >= 15 is 0 Å². The molecular weight excluding hydrogens is 363 g/mol. The molecule has 0 aromatic heterocycles. The first-order valence-corrected chi connectivity index (χ1v) is 9.49. The Balaban J connectivity index is 1.74. The van der Waals surface area contributed by atoms with Crippen molar-refractivity contribution >= 4 is 11.9 Å². The van der Waals surface area contributed by atoms with Crippen LogP contribution < -0.4 is 4.74 Å². The first-order valence-electron chi connectivity index (χ1n) is 9.49. The van der Waals surface area contributed by atoms with Crippen molar-refractivity contribution in [3.8, 4) is 5.75 Å². The maximum atomic E-state index is 14.3. The van der Waals surface area contributed by atoms with Crippen LogP contribution in [0.4, 0.5) is 4.39 Å². The smallest absolute Gasteiger partial charge is 0.311 e. The fourth-order valence-corrected chi connectivity index (χ4v) is 4.51. The average Bonchev–Trinajstić information content (AvgIpc) is 2.97. The van der Waals surface area contributed by atoms with E-state index in [0.717, 1.165) is 0 Å². The number of carbonyl (C=O) groups excluding carboxylic acids is 2. The lowest BCUT2D eigenvalue weighted by molar-refractivity contribution is -0.150. The summed E-state index contributed by atoms with van der Waals surface area (Å²) in [4.78, 5) is 28.8. The Morgan fingerprint density at radius 2 is 2.07 bits per heavy atom. The van der Waals surface area contributed by atoms with Crippen molar-refractivity contribution in [1.29, 1.82) is 0 Å². The fourth-order valence-electron chi connectivity index (χ4n) is 4.51. The van der Waals surface area contributed by atoms with Crippen molar-refractivity contribution in [2.45, 2.75) is 31.3 Å². The molecule has 2 fully saturated rings. The summed E-state index contributed by atoms with van der Waals surface area (Å²) in [5.74, 6) is -0.648. The number of esters is 1. The summed E-state index contributed by atoms with van der Waals surface area (Å²) in [6.45, 7) is 5.97. The Morgan fingerprint density at radius 3 is 2.64 bits per heavy atom. The van der Waals surface area contributed by atoms with Crippen LogP contribution in [0.25, 0.3) is 0 Å². The molecule has 28 heavy (non-hydrogen) atoms. The normalized spacial score (nSPS) is 21.8. The van der Waals surface area contributed by atoms with Gasteiger partial charge in [0.1, 0.15) is 11.6 Å². The Morgan fingerprint density at radius 1 is 1.36 bits per heavy atom. The second-order valence-electron chi connectivity index (χ2n) is 7.41. The maximum absolute atomic E-state index is 14.3. The highest BCUT2D eigenvalue weighted by Gasteiger charge is 2.56. The molecule has 2 aliphatic heterocycles. The Kier molecular flexibility index (Phi) is 6.03. The van der Waals surface area contributed by atoms with Crippen LogP contribution in [0.1, 0.15) is 24.8 Å². The second kappa shape index (κ2) is 8.31. The first-order chi connectivity index (χ1) is 13.4. The quantitative estimate of drug-likeness (QED) is 0.551. The van der Waals surface area contributed by atoms with Crippen LogP contribution in [0.3, 0.4) is 0 Å². The van der Waals surface area contributed by atoms with E-state index in [1.165, 1.54) is 20.3 Å². The number of nitrogens with zero attached hydrogens (tertiary/aromatic N) is 2. The number of benzene rings is 1. The topological polar surface area (TPSA) is 59.1 Å². The van der Waals surface area contributed by atoms with Crippen LogP contribution in [0.15, 0.2) is 30.9 Å². The molecule has 1 spiro atoms. The van der Waals surface area contributed by atoms with Crippen LogP contribution in [-0.2, 0) is 20.9 Å². The van der Waals surface area contributed by atoms with Gasteiger partial charge in [0.15, 0.2) is 0 Å². The lowest BCUT2D eigenvalue weighted by Gasteiger charge is -2.46. The van der Waals surface area contributed by atoms with Crippen LogP contribution in [0, 0.1) is 11.7 Å². The van der Waals surface area contributed by atoms with Gasteiger partial charge in [-0.3, -0.25) is 14.5 Å². The number of methoxy groups -OCH3 is 2.